The number of aryl methyl sites for hydroxylation is 1. The normalized spacial score (nSPS) is 15.8. The molecular formula is C12H17N3O3. The van der Waals surface area contributed by atoms with Gasteiger partial charge in [0.05, 0.1) is 24.7 Å². The van der Waals surface area contributed by atoms with Crippen LogP contribution in [-0.4, -0.2) is 32.8 Å². The summed E-state index contributed by atoms with van der Waals surface area (Å²) in [6.45, 7) is 0.284. The Morgan fingerprint density at radius 1 is 1.44 bits per heavy atom. The predicted molar refractivity (Wildman–Crippen MR) is 64.2 cm³/mol. The molecule has 0 atom stereocenters. The van der Waals surface area contributed by atoms with Gasteiger partial charge in [0, 0.05) is 12.2 Å². The summed E-state index contributed by atoms with van der Waals surface area (Å²) in [7, 11) is 0. The first-order valence-corrected chi connectivity index (χ1v) is 6.20. The lowest BCUT2D eigenvalue weighted by atomic mass is 10.2. The first kappa shape index (κ1) is 12.6. The van der Waals surface area contributed by atoms with E-state index in [-0.39, 0.29) is 24.9 Å². The van der Waals surface area contributed by atoms with Crippen LogP contribution in [0.1, 0.15) is 42.5 Å². The second kappa shape index (κ2) is 5.66. The second-order valence-corrected chi connectivity index (χ2v) is 4.59. The van der Waals surface area contributed by atoms with Crippen molar-refractivity contribution in [2.75, 3.05) is 0 Å². The van der Waals surface area contributed by atoms with Gasteiger partial charge in [-0.2, -0.15) is 5.10 Å². The largest absolute Gasteiger partial charge is 0.481 e. The monoisotopic (exact) mass is 251 g/mol. The molecule has 0 unspecified atom stereocenters. The summed E-state index contributed by atoms with van der Waals surface area (Å²) in [5, 5.41) is 15.5. The topological polar surface area (TPSA) is 84.2 Å². The fraction of sp³-hybridized carbons (Fsp3) is 0.583. The number of nitrogens with one attached hydrogen (secondary N) is 1. The van der Waals surface area contributed by atoms with Crippen molar-refractivity contribution < 1.29 is 14.7 Å². The summed E-state index contributed by atoms with van der Waals surface area (Å²) in [5.74, 6) is -0.995. The third-order valence-corrected chi connectivity index (χ3v) is 3.14. The van der Waals surface area contributed by atoms with Crippen LogP contribution < -0.4 is 5.32 Å². The van der Waals surface area contributed by atoms with Crippen LogP contribution in [-0.2, 0) is 11.3 Å². The molecular weight excluding hydrogens is 234 g/mol. The van der Waals surface area contributed by atoms with Crippen LogP contribution in [0.15, 0.2) is 12.4 Å². The van der Waals surface area contributed by atoms with Crippen molar-refractivity contribution in [3.05, 3.63) is 18.0 Å². The van der Waals surface area contributed by atoms with E-state index in [0.717, 1.165) is 12.8 Å². The minimum absolute atomic E-state index is 0.00532. The Morgan fingerprint density at radius 2 is 2.17 bits per heavy atom. The van der Waals surface area contributed by atoms with Crippen LogP contribution in [0.25, 0.3) is 0 Å². The van der Waals surface area contributed by atoms with Gasteiger partial charge in [-0.1, -0.05) is 12.8 Å². The van der Waals surface area contributed by atoms with Crippen molar-refractivity contribution in [1.29, 1.82) is 0 Å². The highest BCUT2D eigenvalue weighted by Crippen LogP contribution is 2.18. The summed E-state index contributed by atoms with van der Waals surface area (Å²) in [4.78, 5) is 22.3. The molecule has 1 heterocycles. The Hall–Kier alpha value is -1.85. The molecule has 0 aliphatic heterocycles. The molecule has 1 aromatic heterocycles. The van der Waals surface area contributed by atoms with Crippen molar-refractivity contribution in [3.8, 4) is 0 Å². The van der Waals surface area contributed by atoms with E-state index in [4.69, 9.17) is 5.11 Å². The molecule has 18 heavy (non-hydrogen) atoms. The maximum atomic E-state index is 11.9. The summed E-state index contributed by atoms with van der Waals surface area (Å²) in [6.07, 6.45) is 7.49. The van der Waals surface area contributed by atoms with Gasteiger partial charge < -0.3 is 10.4 Å². The highest BCUT2D eigenvalue weighted by Gasteiger charge is 2.18. The van der Waals surface area contributed by atoms with Gasteiger partial charge in [-0.3, -0.25) is 14.3 Å². The van der Waals surface area contributed by atoms with Crippen LogP contribution in [0, 0.1) is 0 Å². The minimum atomic E-state index is -0.873. The van der Waals surface area contributed by atoms with E-state index in [1.165, 1.54) is 23.7 Å². The highest BCUT2D eigenvalue weighted by atomic mass is 16.4. The van der Waals surface area contributed by atoms with Gasteiger partial charge >= 0.3 is 5.97 Å². The number of nitrogens with zero attached hydrogens (tertiary/aromatic N) is 2. The number of aliphatic carboxylic acids is 1. The quantitative estimate of drug-likeness (QED) is 0.818. The van der Waals surface area contributed by atoms with E-state index in [0.29, 0.717) is 5.56 Å². The number of carbonyl (C=O) groups excluding carboxylic acids is 1. The van der Waals surface area contributed by atoms with E-state index in [2.05, 4.69) is 10.4 Å². The average Bonchev–Trinajstić information content (AvgIpc) is 2.96. The predicted octanol–water partition coefficient (Wildman–Crippen LogP) is 1.03. The van der Waals surface area contributed by atoms with E-state index in [1.807, 2.05) is 0 Å². The standard InChI is InChI=1S/C12H17N3O3/c16-11(17)5-6-15-8-9(7-13-15)12(18)14-10-3-1-2-4-10/h7-8,10H,1-6H2,(H,14,18)(H,16,17). The third-order valence-electron chi connectivity index (χ3n) is 3.14. The smallest absolute Gasteiger partial charge is 0.305 e. The van der Waals surface area contributed by atoms with Crippen LogP contribution in [0.3, 0.4) is 0 Å². The molecule has 1 aliphatic carbocycles. The maximum absolute atomic E-state index is 11.9. The Balaban J connectivity index is 1.88. The van der Waals surface area contributed by atoms with E-state index >= 15 is 0 Å². The van der Waals surface area contributed by atoms with Crippen LogP contribution in [0.5, 0.6) is 0 Å². The molecule has 2 N–H and O–H groups in total. The second-order valence-electron chi connectivity index (χ2n) is 4.59. The van der Waals surface area contributed by atoms with Gasteiger partial charge in [0.2, 0.25) is 0 Å². The molecule has 0 radical (unpaired) electrons. The van der Waals surface area contributed by atoms with Crippen molar-refractivity contribution in [1.82, 2.24) is 15.1 Å². The van der Waals surface area contributed by atoms with Crippen LogP contribution in [0.2, 0.25) is 0 Å². The Bertz CT molecular complexity index is 436. The first-order valence-electron chi connectivity index (χ1n) is 6.20. The van der Waals surface area contributed by atoms with Crippen molar-refractivity contribution in [2.45, 2.75) is 44.7 Å². The zero-order chi connectivity index (χ0) is 13.0. The molecule has 6 nitrogen and oxygen atoms in total. The molecule has 1 aromatic rings. The lowest BCUT2D eigenvalue weighted by molar-refractivity contribution is -0.137. The molecule has 0 aromatic carbocycles. The van der Waals surface area contributed by atoms with E-state index in [9.17, 15) is 9.59 Å². The number of hydrogen-bond acceptors (Lipinski definition) is 3. The molecule has 1 saturated carbocycles. The van der Waals surface area contributed by atoms with Crippen molar-refractivity contribution >= 4 is 11.9 Å². The van der Waals surface area contributed by atoms with Crippen LogP contribution >= 0.6 is 0 Å². The molecule has 0 bridgehead atoms. The summed E-state index contributed by atoms with van der Waals surface area (Å²) >= 11 is 0. The maximum Gasteiger partial charge on any atom is 0.305 e. The summed E-state index contributed by atoms with van der Waals surface area (Å²) in [5.41, 5.74) is 0.493. The first-order chi connectivity index (χ1) is 8.65. The summed E-state index contributed by atoms with van der Waals surface area (Å²) < 4.78 is 1.48. The number of aromatic nitrogens is 2. The number of hydrogen-bond donors (Lipinski definition) is 2. The number of carboxylic acids is 1. The van der Waals surface area contributed by atoms with Crippen LogP contribution in [0.4, 0.5) is 0 Å². The van der Waals surface area contributed by atoms with Gasteiger partial charge in [0.1, 0.15) is 0 Å². The molecule has 1 amide bonds. The molecule has 98 valence electrons. The van der Waals surface area contributed by atoms with Gasteiger partial charge in [0.15, 0.2) is 0 Å². The lowest BCUT2D eigenvalue weighted by Gasteiger charge is -2.10. The number of carbonyl (C=O) groups is 2. The number of carboxylic acid groups (broad SMARTS) is 1. The molecule has 0 spiro atoms. The average molecular weight is 251 g/mol. The molecule has 1 aliphatic rings. The molecule has 0 saturated heterocycles. The van der Waals surface area contributed by atoms with E-state index < -0.39 is 5.97 Å². The highest BCUT2D eigenvalue weighted by molar-refractivity contribution is 5.93. The van der Waals surface area contributed by atoms with Gasteiger partial charge in [0.25, 0.3) is 5.91 Å². The Labute approximate surface area is 105 Å². The fourth-order valence-corrected chi connectivity index (χ4v) is 2.15. The fourth-order valence-electron chi connectivity index (χ4n) is 2.15. The minimum Gasteiger partial charge on any atom is -0.481 e. The number of rotatable bonds is 5. The molecule has 6 heteroatoms. The van der Waals surface area contributed by atoms with Gasteiger partial charge in [-0.15, -0.1) is 0 Å². The zero-order valence-electron chi connectivity index (χ0n) is 10.1. The van der Waals surface area contributed by atoms with Crippen molar-refractivity contribution in [2.24, 2.45) is 0 Å². The van der Waals surface area contributed by atoms with Crippen molar-refractivity contribution in [3.63, 3.8) is 0 Å². The van der Waals surface area contributed by atoms with Gasteiger partial charge in [-0.25, -0.2) is 0 Å². The number of amides is 1. The third kappa shape index (κ3) is 3.32. The summed E-state index contributed by atoms with van der Waals surface area (Å²) in [6, 6.07) is 0.278. The Morgan fingerprint density at radius 3 is 2.83 bits per heavy atom. The SMILES string of the molecule is O=C(O)CCn1cc(C(=O)NC2CCCC2)cn1. The molecule has 1 fully saturated rings. The molecule has 2 rings (SSSR count). The zero-order valence-corrected chi connectivity index (χ0v) is 10.1. The van der Waals surface area contributed by atoms with Gasteiger partial charge in [-0.05, 0) is 12.8 Å². The van der Waals surface area contributed by atoms with E-state index in [1.54, 1.807) is 6.20 Å². The lowest BCUT2D eigenvalue weighted by Crippen LogP contribution is -2.32. The Kier molecular flexibility index (Phi) is 3.96.